The van der Waals surface area contributed by atoms with E-state index in [1.54, 1.807) is 24.4 Å². The number of nitrogens with one attached hydrogen (secondary N) is 2. The molecule has 1 aliphatic rings. The van der Waals surface area contributed by atoms with Gasteiger partial charge in [0.05, 0.1) is 16.8 Å². The molecular weight excluding hydrogens is 525 g/mol. The third-order valence-corrected chi connectivity index (χ3v) is 7.52. The number of nitrogens with zero attached hydrogens (tertiary/aromatic N) is 3. The number of nitrogen functional groups attached to an aromatic ring is 1. The first kappa shape index (κ1) is 27.2. The number of hydrogen-bond donors (Lipinski definition) is 6. The first-order chi connectivity index (χ1) is 16.3. The van der Waals surface area contributed by atoms with Gasteiger partial charge in [0.1, 0.15) is 5.69 Å². The van der Waals surface area contributed by atoms with Gasteiger partial charge in [0.15, 0.2) is 23.2 Å². The highest BCUT2D eigenvalue weighted by Gasteiger charge is 2.27. The lowest BCUT2D eigenvalue weighted by atomic mass is 10.1. The predicted molar refractivity (Wildman–Crippen MR) is 146 cm³/mol. The van der Waals surface area contributed by atoms with E-state index in [9.17, 15) is 9.11 Å². The zero-order valence-corrected chi connectivity index (χ0v) is 21.3. The van der Waals surface area contributed by atoms with Crippen LogP contribution in [-0.2, 0) is 13.0 Å². The average Bonchev–Trinajstić information content (AvgIpc) is 3.43. The minimum Gasteiger partial charge on any atom is -0.382 e. The first-order valence-corrected chi connectivity index (χ1v) is 12.2. The van der Waals surface area contributed by atoms with E-state index in [4.69, 9.17) is 21.4 Å². The van der Waals surface area contributed by atoms with Gasteiger partial charge in [-0.15, -0.1) is 24.8 Å². The Labute approximate surface area is 221 Å². The fourth-order valence-electron chi connectivity index (χ4n) is 3.85. The van der Waals surface area contributed by atoms with Crippen LogP contribution in [0, 0.1) is 5.41 Å². The number of anilines is 1. The number of rotatable bonds is 5. The summed E-state index contributed by atoms with van der Waals surface area (Å²) in [5, 5.41) is 14.2. The van der Waals surface area contributed by atoms with Crippen molar-refractivity contribution in [1.82, 2.24) is 20.4 Å². The second kappa shape index (κ2) is 10.7. The van der Waals surface area contributed by atoms with Crippen LogP contribution in [0.25, 0.3) is 34.0 Å². The third-order valence-electron chi connectivity index (χ3n) is 5.64. The van der Waals surface area contributed by atoms with Crippen LogP contribution in [0.15, 0.2) is 64.1 Å². The second-order valence-electron chi connectivity index (χ2n) is 7.97. The summed E-state index contributed by atoms with van der Waals surface area (Å²) in [6, 6.07) is 14.8. The minimum atomic E-state index is -2.69. The lowest BCUT2D eigenvalue weighted by molar-refractivity contribution is 0.434. The van der Waals surface area contributed by atoms with Crippen molar-refractivity contribution in [3.63, 3.8) is 0 Å². The van der Waals surface area contributed by atoms with Gasteiger partial charge in [-0.1, -0.05) is 35.5 Å². The van der Waals surface area contributed by atoms with Crippen LogP contribution in [0.3, 0.4) is 0 Å². The Bertz CT molecular complexity index is 1400. The van der Waals surface area contributed by atoms with Crippen LogP contribution in [0.4, 0.5) is 5.82 Å². The minimum absolute atomic E-state index is 0. The number of hydrogen-bond acceptors (Lipinski definition) is 8. The average molecular weight is 550 g/mol. The van der Waals surface area contributed by atoms with E-state index in [0.29, 0.717) is 46.5 Å². The Morgan fingerprint density at radius 3 is 2.50 bits per heavy atom. The first-order valence-electron chi connectivity index (χ1n) is 10.5. The van der Waals surface area contributed by atoms with Crippen LogP contribution in [0.1, 0.15) is 11.1 Å². The lowest BCUT2D eigenvalue weighted by Crippen LogP contribution is -2.29. The van der Waals surface area contributed by atoms with Gasteiger partial charge in [-0.3, -0.25) is 14.5 Å². The second-order valence-corrected chi connectivity index (χ2v) is 10.2. The number of halogens is 2. The van der Waals surface area contributed by atoms with E-state index in [1.807, 2.05) is 30.3 Å². The van der Waals surface area contributed by atoms with Crippen molar-refractivity contribution >= 4 is 47.2 Å². The van der Waals surface area contributed by atoms with E-state index in [1.165, 1.54) is 0 Å². The molecule has 0 fully saturated rings. The number of aromatic nitrogens is 3. The van der Waals surface area contributed by atoms with Crippen molar-refractivity contribution in [2.24, 2.45) is 5.73 Å². The highest BCUT2D eigenvalue weighted by molar-refractivity contribution is 8.24. The fourth-order valence-corrected chi connectivity index (χ4v) is 5.44. The topological polar surface area (TPSA) is 180 Å². The lowest BCUT2D eigenvalue weighted by Gasteiger charge is -2.27. The summed E-state index contributed by atoms with van der Waals surface area (Å²) in [6.07, 6.45) is 2.19. The summed E-state index contributed by atoms with van der Waals surface area (Å²) in [4.78, 5) is 9.54. The Morgan fingerprint density at radius 1 is 1.06 bits per heavy atom. The maximum atomic E-state index is 10.2. The molecule has 0 saturated carbocycles. The number of guanidine groups is 1. The quantitative estimate of drug-likeness (QED) is 0.154. The van der Waals surface area contributed by atoms with Gasteiger partial charge in [-0.2, -0.15) is 10.6 Å². The summed E-state index contributed by atoms with van der Waals surface area (Å²) in [7, 11) is -2.69. The van der Waals surface area contributed by atoms with Crippen LogP contribution >= 0.6 is 35.4 Å². The molecule has 8 N–H and O–H groups in total. The molecule has 0 radical (unpaired) electrons. The number of benzene rings is 2. The molecule has 0 saturated heterocycles. The summed E-state index contributed by atoms with van der Waals surface area (Å²) in [6.45, 7) is 0.459. The van der Waals surface area contributed by atoms with Crippen molar-refractivity contribution in [1.29, 1.82) is 5.41 Å². The molecule has 10 nitrogen and oxygen atoms in total. The largest absolute Gasteiger partial charge is 0.382 e. The molecule has 2 aromatic carbocycles. The van der Waals surface area contributed by atoms with E-state index < -0.39 is 10.6 Å². The molecule has 0 amide bonds. The maximum absolute atomic E-state index is 10.2. The molecule has 0 bridgehead atoms. The molecule has 5 rings (SSSR count). The molecule has 13 heteroatoms. The fraction of sp³-hybridized carbons (Fsp3) is 0.130. The van der Waals surface area contributed by atoms with Crippen LogP contribution in [0.5, 0.6) is 0 Å². The Hall–Kier alpha value is -3.35. The molecule has 2 aromatic heterocycles. The molecule has 1 aliphatic heterocycles. The Morgan fingerprint density at radius 2 is 1.78 bits per heavy atom. The van der Waals surface area contributed by atoms with Gasteiger partial charge in [-0.25, -0.2) is 9.97 Å². The van der Waals surface area contributed by atoms with Crippen molar-refractivity contribution < 1.29 is 13.6 Å². The van der Waals surface area contributed by atoms with E-state index in [2.05, 4.69) is 20.4 Å². The molecule has 0 unspecified atom stereocenters. The SMILES string of the molecule is Cl.Cl.N=C(N)NCc1ccc(-c2cc(-c3nc(-c4ccc5c(c4)CCS5(O)O)cnc3N)on2)cc1. The van der Waals surface area contributed by atoms with E-state index in [-0.39, 0.29) is 36.6 Å². The van der Waals surface area contributed by atoms with Gasteiger partial charge >= 0.3 is 0 Å². The standard InChI is InChI=1S/C23H23N7O3S.2ClH/c24-22-21(19-10-17(30-33-19)14-3-1-13(2-4-14)11-28-23(25)26)29-18(12-27-22)15-5-6-20-16(9-15)7-8-34(20,31)32;;/h1-6,9-10,12,31-32H,7-8,11H2,(H2,24,27)(H4,25,26,28);2*1H. The molecule has 4 aromatic rings. The zero-order chi connectivity index (χ0) is 23.9. The van der Waals surface area contributed by atoms with Gasteiger partial charge in [0.25, 0.3) is 0 Å². The molecule has 36 heavy (non-hydrogen) atoms. The molecule has 0 spiro atoms. The smallest absolute Gasteiger partial charge is 0.189 e. The molecule has 3 heterocycles. The van der Waals surface area contributed by atoms with Crippen molar-refractivity contribution in [3.8, 4) is 34.0 Å². The van der Waals surface area contributed by atoms with Crippen molar-refractivity contribution in [2.45, 2.75) is 17.9 Å². The van der Waals surface area contributed by atoms with Crippen LogP contribution < -0.4 is 16.8 Å². The number of fused-ring (bicyclic) bond motifs is 1. The predicted octanol–water partition coefficient (Wildman–Crippen LogP) is 4.54. The Kier molecular flexibility index (Phi) is 8.12. The van der Waals surface area contributed by atoms with E-state index >= 15 is 0 Å². The summed E-state index contributed by atoms with van der Waals surface area (Å²) >= 11 is 0. The maximum Gasteiger partial charge on any atom is 0.189 e. The molecule has 0 aliphatic carbocycles. The van der Waals surface area contributed by atoms with E-state index in [0.717, 1.165) is 22.3 Å². The van der Waals surface area contributed by atoms with Gasteiger partial charge in [0, 0.05) is 29.5 Å². The summed E-state index contributed by atoms with van der Waals surface area (Å²) in [5.74, 6) is 0.869. The normalized spacial score (nSPS) is 14.2. The van der Waals surface area contributed by atoms with Crippen molar-refractivity contribution in [3.05, 3.63) is 65.9 Å². The molecule has 0 atom stereocenters. The summed E-state index contributed by atoms with van der Waals surface area (Å²) in [5.41, 5.74) is 16.5. The van der Waals surface area contributed by atoms with Gasteiger partial charge in [-0.05, 0) is 29.7 Å². The Balaban J connectivity index is 0.00000180. The monoisotopic (exact) mass is 549 g/mol. The zero-order valence-electron chi connectivity index (χ0n) is 18.8. The third kappa shape index (κ3) is 5.40. The highest BCUT2D eigenvalue weighted by Crippen LogP contribution is 2.55. The molecule has 190 valence electrons. The summed E-state index contributed by atoms with van der Waals surface area (Å²) < 4.78 is 25.8. The van der Waals surface area contributed by atoms with Gasteiger partial charge < -0.3 is 21.3 Å². The van der Waals surface area contributed by atoms with Gasteiger partial charge in [0.2, 0.25) is 0 Å². The number of nitrogens with two attached hydrogens (primary N) is 2. The van der Waals surface area contributed by atoms with Crippen LogP contribution in [-0.4, -0.2) is 35.9 Å². The number of aryl methyl sites for hydroxylation is 1. The van der Waals surface area contributed by atoms with Crippen molar-refractivity contribution in [2.75, 3.05) is 11.5 Å². The van der Waals surface area contributed by atoms with Crippen LogP contribution in [0.2, 0.25) is 0 Å². The highest BCUT2D eigenvalue weighted by atomic mass is 35.5. The molecular formula is C23H25Cl2N7O3S.